The van der Waals surface area contributed by atoms with Crippen molar-refractivity contribution in [2.45, 2.75) is 25.9 Å². The third-order valence-electron chi connectivity index (χ3n) is 3.18. The highest BCUT2D eigenvalue weighted by Gasteiger charge is 2.21. The first-order valence-corrected chi connectivity index (χ1v) is 7.58. The molecule has 1 unspecified atom stereocenters. The van der Waals surface area contributed by atoms with Crippen LogP contribution in [0.5, 0.6) is 0 Å². The zero-order chi connectivity index (χ0) is 15.2. The van der Waals surface area contributed by atoms with Crippen LogP contribution in [0.25, 0.3) is 0 Å². The molecule has 21 heavy (non-hydrogen) atoms. The quantitative estimate of drug-likeness (QED) is 0.760. The summed E-state index contributed by atoms with van der Waals surface area (Å²) in [5.41, 5.74) is 0.976. The van der Waals surface area contributed by atoms with Gasteiger partial charge in [0.05, 0.1) is 11.8 Å². The van der Waals surface area contributed by atoms with Gasteiger partial charge in [0.2, 0.25) is 0 Å². The van der Waals surface area contributed by atoms with E-state index < -0.39 is 5.97 Å². The molecule has 1 fully saturated rings. The highest BCUT2D eigenvalue weighted by molar-refractivity contribution is 7.10. The van der Waals surface area contributed by atoms with E-state index in [0.717, 1.165) is 19.4 Å². The minimum Gasteiger partial charge on any atom is -0.452 e. The van der Waals surface area contributed by atoms with Gasteiger partial charge in [-0.25, -0.2) is 4.79 Å². The van der Waals surface area contributed by atoms with Crippen molar-refractivity contribution in [3.8, 4) is 0 Å². The Morgan fingerprint density at radius 2 is 2.33 bits per heavy atom. The predicted molar refractivity (Wildman–Crippen MR) is 78.7 cm³/mol. The molecule has 2 heterocycles. The van der Waals surface area contributed by atoms with Crippen LogP contribution in [0.1, 0.15) is 28.9 Å². The van der Waals surface area contributed by atoms with Gasteiger partial charge in [0.1, 0.15) is 10.6 Å². The summed E-state index contributed by atoms with van der Waals surface area (Å²) in [5, 5.41) is 6.22. The van der Waals surface area contributed by atoms with Gasteiger partial charge in [-0.2, -0.15) is 4.37 Å². The number of carbonyl (C=O) groups is 2. The van der Waals surface area contributed by atoms with E-state index in [0.29, 0.717) is 22.8 Å². The lowest BCUT2D eigenvalue weighted by molar-refractivity contribution is -0.124. The number of nitrogens with zero attached hydrogens (tertiary/aromatic N) is 1. The average Bonchev–Trinajstić information content (AvgIpc) is 3.11. The molecule has 0 saturated carbocycles. The molecule has 116 valence electrons. The first kappa shape index (κ1) is 15.7. The summed E-state index contributed by atoms with van der Waals surface area (Å²) < 4.78 is 14.5. The number of nitrogens with one attached hydrogen (secondary N) is 2. The number of hydrogen-bond acceptors (Lipinski definition) is 7. The smallest absolute Gasteiger partial charge is 0.343 e. The van der Waals surface area contributed by atoms with Crippen molar-refractivity contribution in [3.63, 3.8) is 0 Å². The third kappa shape index (κ3) is 4.15. The van der Waals surface area contributed by atoms with E-state index in [4.69, 9.17) is 9.47 Å². The molecule has 1 aromatic rings. The third-order valence-corrected chi connectivity index (χ3v) is 4.14. The van der Waals surface area contributed by atoms with Gasteiger partial charge in [0, 0.05) is 20.2 Å². The first-order chi connectivity index (χ1) is 10.1. The number of anilines is 1. The minimum atomic E-state index is -0.544. The second-order valence-corrected chi connectivity index (χ2v) is 5.51. The maximum absolute atomic E-state index is 12.0. The number of aromatic nitrogens is 1. The highest BCUT2D eigenvalue weighted by atomic mass is 32.1. The molecule has 0 spiro atoms. The van der Waals surface area contributed by atoms with Crippen LogP contribution in [-0.2, 0) is 14.3 Å². The number of ether oxygens (including phenoxy) is 2. The second kappa shape index (κ2) is 7.37. The van der Waals surface area contributed by atoms with Gasteiger partial charge in [-0.05, 0) is 31.3 Å². The van der Waals surface area contributed by atoms with Gasteiger partial charge in [-0.1, -0.05) is 0 Å². The van der Waals surface area contributed by atoms with Crippen molar-refractivity contribution >= 4 is 28.4 Å². The van der Waals surface area contributed by atoms with Crippen LogP contribution in [0.2, 0.25) is 0 Å². The number of aryl methyl sites for hydroxylation is 1. The van der Waals surface area contributed by atoms with E-state index in [1.165, 1.54) is 11.5 Å². The zero-order valence-electron chi connectivity index (χ0n) is 12.1. The summed E-state index contributed by atoms with van der Waals surface area (Å²) in [5.74, 6) is -0.872. The van der Waals surface area contributed by atoms with Crippen LogP contribution in [-0.4, -0.2) is 49.2 Å². The van der Waals surface area contributed by atoms with Crippen molar-refractivity contribution in [3.05, 3.63) is 11.3 Å². The molecule has 7 nitrogen and oxygen atoms in total. The molecule has 1 saturated heterocycles. The molecular formula is C13H19N3O4S. The van der Waals surface area contributed by atoms with Gasteiger partial charge in [-0.3, -0.25) is 4.79 Å². The molecule has 0 bridgehead atoms. The average molecular weight is 313 g/mol. The van der Waals surface area contributed by atoms with Crippen molar-refractivity contribution in [1.82, 2.24) is 9.69 Å². The van der Waals surface area contributed by atoms with E-state index >= 15 is 0 Å². The molecule has 1 amide bonds. The molecule has 0 radical (unpaired) electrons. The summed E-state index contributed by atoms with van der Waals surface area (Å²) in [6.07, 6.45) is 2.04. The predicted octanol–water partition coefficient (Wildman–Crippen LogP) is 0.945. The van der Waals surface area contributed by atoms with Gasteiger partial charge in [-0.15, -0.1) is 0 Å². The molecule has 1 aromatic heterocycles. The molecule has 1 aliphatic rings. The normalized spacial score (nSPS) is 17.5. The summed E-state index contributed by atoms with van der Waals surface area (Å²) in [4.78, 5) is 23.6. The van der Waals surface area contributed by atoms with E-state index in [-0.39, 0.29) is 18.6 Å². The van der Waals surface area contributed by atoms with Crippen LogP contribution in [0, 0.1) is 6.92 Å². The summed E-state index contributed by atoms with van der Waals surface area (Å²) in [6, 6.07) is 0. The van der Waals surface area contributed by atoms with E-state index in [1.54, 1.807) is 14.0 Å². The lowest BCUT2D eigenvalue weighted by Crippen LogP contribution is -2.34. The van der Waals surface area contributed by atoms with E-state index in [9.17, 15) is 9.59 Å². The minimum absolute atomic E-state index is 0.0730. The standard InChI is InChI=1S/C13H19N3O4S/c1-8-11(12(14-2)21-16-8)13(18)20-7-10(17)15-6-9-4-3-5-19-9/h9,14H,3-7H2,1-2H3,(H,15,17). The van der Waals surface area contributed by atoms with Crippen molar-refractivity contribution in [1.29, 1.82) is 0 Å². The Morgan fingerprint density at radius 3 is 3.00 bits per heavy atom. The Labute approximate surface area is 127 Å². The largest absolute Gasteiger partial charge is 0.452 e. The highest BCUT2D eigenvalue weighted by Crippen LogP contribution is 2.24. The topological polar surface area (TPSA) is 89.5 Å². The lowest BCUT2D eigenvalue weighted by Gasteiger charge is -2.11. The fourth-order valence-corrected chi connectivity index (χ4v) is 2.80. The first-order valence-electron chi connectivity index (χ1n) is 6.81. The molecular weight excluding hydrogens is 294 g/mol. The Hall–Kier alpha value is -1.67. The zero-order valence-corrected chi connectivity index (χ0v) is 12.9. The molecule has 8 heteroatoms. The van der Waals surface area contributed by atoms with Crippen LogP contribution in [0.3, 0.4) is 0 Å². The molecule has 2 rings (SSSR count). The SMILES string of the molecule is CNc1snc(C)c1C(=O)OCC(=O)NCC1CCCO1. The Kier molecular flexibility index (Phi) is 5.51. The lowest BCUT2D eigenvalue weighted by atomic mass is 10.2. The van der Waals surface area contributed by atoms with Crippen LogP contribution in [0.4, 0.5) is 5.00 Å². The second-order valence-electron chi connectivity index (χ2n) is 4.74. The maximum Gasteiger partial charge on any atom is 0.343 e. The number of rotatable bonds is 6. The van der Waals surface area contributed by atoms with E-state index in [2.05, 4.69) is 15.0 Å². The Morgan fingerprint density at radius 1 is 1.52 bits per heavy atom. The number of hydrogen-bond donors (Lipinski definition) is 2. The molecule has 0 aromatic carbocycles. The Balaban J connectivity index is 1.77. The van der Waals surface area contributed by atoms with Crippen molar-refractivity contribution in [2.75, 3.05) is 32.1 Å². The van der Waals surface area contributed by atoms with Crippen LogP contribution < -0.4 is 10.6 Å². The van der Waals surface area contributed by atoms with Crippen molar-refractivity contribution in [2.24, 2.45) is 0 Å². The summed E-state index contributed by atoms with van der Waals surface area (Å²) in [6.45, 7) is 2.62. The number of carbonyl (C=O) groups excluding carboxylic acids is 2. The van der Waals surface area contributed by atoms with E-state index in [1.807, 2.05) is 0 Å². The molecule has 1 atom stereocenters. The van der Waals surface area contributed by atoms with Crippen LogP contribution in [0.15, 0.2) is 0 Å². The van der Waals surface area contributed by atoms with Gasteiger partial charge in [0.25, 0.3) is 5.91 Å². The van der Waals surface area contributed by atoms with Gasteiger partial charge in [0.15, 0.2) is 6.61 Å². The Bertz CT molecular complexity index is 512. The molecule has 1 aliphatic heterocycles. The fourth-order valence-electron chi connectivity index (χ4n) is 2.07. The summed E-state index contributed by atoms with van der Waals surface area (Å²) >= 11 is 1.19. The molecule has 0 aliphatic carbocycles. The van der Waals surface area contributed by atoms with Crippen LogP contribution >= 0.6 is 11.5 Å². The van der Waals surface area contributed by atoms with Gasteiger partial charge >= 0.3 is 5.97 Å². The summed E-state index contributed by atoms with van der Waals surface area (Å²) in [7, 11) is 1.71. The van der Waals surface area contributed by atoms with Crippen molar-refractivity contribution < 1.29 is 19.1 Å². The monoisotopic (exact) mass is 313 g/mol. The number of amides is 1. The number of esters is 1. The fraction of sp³-hybridized carbons (Fsp3) is 0.615. The van der Waals surface area contributed by atoms with Gasteiger partial charge < -0.3 is 20.1 Å². The molecule has 2 N–H and O–H groups in total. The maximum atomic E-state index is 12.0.